The summed E-state index contributed by atoms with van der Waals surface area (Å²) in [6, 6.07) is 0. The summed E-state index contributed by atoms with van der Waals surface area (Å²) < 4.78 is 0. The third-order valence-electron chi connectivity index (χ3n) is 3.06. The SMILES string of the molecule is CCC(=O)O.CCC(=O)O.CCCCCCCCCCCC.N.[NaH]. The fraction of sp³-hybridized carbons (Fsp3) is 0.889. The molecular formula is C18H42NNaO4. The van der Waals surface area contributed by atoms with Gasteiger partial charge in [-0.2, -0.15) is 0 Å². The van der Waals surface area contributed by atoms with Crippen molar-refractivity contribution >= 4 is 41.5 Å². The average Bonchev–Trinajstić information content (AvgIpc) is 2.51. The predicted octanol–water partition coefficient (Wildman–Crippen LogP) is 5.40. The summed E-state index contributed by atoms with van der Waals surface area (Å²) in [7, 11) is 0. The minimum atomic E-state index is -0.745. The normalized spacial score (nSPS) is 8.33. The maximum atomic E-state index is 9.37. The van der Waals surface area contributed by atoms with Crippen molar-refractivity contribution in [3.63, 3.8) is 0 Å². The van der Waals surface area contributed by atoms with E-state index in [0.717, 1.165) is 0 Å². The second kappa shape index (κ2) is 34.3. The standard InChI is InChI=1S/C12H26.2C3H6O2.H3N.Na.H/c1-3-5-7-9-11-12-10-8-6-4-2;2*1-2-3(4)5;;;/h3-12H2,1-2H3;2*2H2,1H3,(H,4,5);1H3;;. The Hall–Kier alpha value is -0.100. The molecule has 0 unspecified atom stereocenters. The molecule has 0 aliphatic carbocycles. The van der Waals surface area contributed by atoms with E-state index in [1.54, 1.807) is 13.8 Å². The van der Waals surface area contributed by atoms with Gasteiger partial charge in [-0.15, -0.1) is 0 Å². The van der Waals surface area contributed by atoms with Crippen LogP contribution >= 0.6 is 0 Å². The molecule has 24 heavy (non-hydrogen) atoms. The molecule has 0 heterocycles. The van der Waals surface area contributed by atoms with Gasteiger partial charge < -0.3 is 16.4 Å². The van der Waals surface area contributed by atoms with Crippen LogP contribution in [-0.2, 0) is 9.59 Å². The molecule has 0 saturated carbocycles. The molecule has 0 aromatic carbocycles. The molecule has 0 saturated heterocycles. The number of aliphatic carboxylic acids is 2. The molecule has 0 rings (SSSR count). The van der Waals surface area contributed by atoms with Crippen LogP contribution in [0.1, 0.15) is 105 Å². The molecule has 0 bridgehead atoms. The second-order valence-electron chi connectivity index (χ2n) is 5.32. The van der Waals surface area contributed by atoms with Crippen LogP contribution in [0.25, 0.3) is 0 Å². The number of carboxylic acid groups (broad SMARTS) is 2. The Morgan fingerprint density at radius 2 is 0.750 bits per heavy atom. The van der Waals surface area contributed by atoms with Gasteiger partial charge in [0.1, 0.15) is 0 Å². The number of hydrogen-bond donors (Lipinski definition) is 3. The summed E-state index contributed by atoms with van der Waals surface area (Å²) >= 11 is 0. The quantitative estimate of drug-likeness (QED) is 0.338. The van der Waals surface area contributed by atoms with Crippen molar-refractivity contribution in [1.82, 2.24) is 6.15 Å². The molecule has 0 radical (unpaired) electrons. The zero-order valence-electron chi connectivity index (χ0n) is 15.9. The molecular weight excluding hydrogens is 317 g/mol. The van der Waals surface area contributed by atoms with E-state index in [2.05, 4.69) is 13.8 Å². The van der Waals surface area contributed by atoms with E-state index in [0.29, 0.717) is 0 Å². The van der Waals surface area contributed by atoms with Crippen molar-refractivity contribution in [2.45, 2.75) is 105 Å². The van der Waals surface area contributed by atoms with Crippen molar-refractivity contribution in [1.29, 1.82) is 0 Å². The van der Waals surface area contributed by atoms with Crippen molar-refractivity contribution in [3.8, 4) is 0 Å². The van der Waals surface area contributed by atoms with Gasteiger partial charge in [0.15, 0.2) is 0 Å². The summed E-state index contributed by atoms with van der Waals surface area (Å²) in [4.78, 5) is 18.7. The summed E-state index contributed by atoms with van der Waals surface area (Å²) in [5.74, 6) is -1.49. The van der Waals surface area contributed by atoms with Gasteiger partial charge in [0, 0.05) is 12.8 Å². The first-order valence-electron chi connectivity index (χ1n) is 8.89. The van der Waals surface area contributed by atoms with Crippen molar-refractivity contribution < 1.29 is 19.8 Å². The Bertz CT molecular complexity index is 215. The van der Waals surface area contributed by atoms with E-state index in [-0.39, 0.29) is 48.5 Å². The first-order valence-corrected chi connectivity index (χ1v) is 8.89. The van der Waals surface area contributed by atoms with Crippen LogP contribution in [0.5, 0.6) is 0 Å². The summed E-state index contributed by atoms with van der Waals surface area (Å²) in [6.07, 6.45) is 14.9. The average molecular weight is 360 g/mol. The van der Waals surface area contributed by atoms with E-state index < -0.39 is 11.9 Å². The predicted molar refractivity (Wildman–Crippen MR) is 106 cm³/mol. The van der Waals surface area contributed by atoms with Crippen molar-refractivity contribution in [2.24, 2.45) is 0 Å². The number of carboxylic acids is 2. The molecule has 144 valence electrons. The Morgan fingerprint density at radius 1 is 0.583 bits per heavy atom. The van der Waals surface area contributed by atoms with Gasteiger partial charge in [-0.25, -0.2) is 0 Å². The zero-order chi connectivity index (χ0) is 17.6. The molecule has 0 amide bonds. The number of unbranched alkanes of at least 4 members (excludes halogenated alkanes) is 9. The summed E-state index contributed by atoms with van der Waals surface area (Å²) in [5.41, 5.74) is 0. The molecule has 0 spiro atoms. The van der Waals surface area contributed by atoms with Crippen LogP contribution in [0, 0.1) is 0 Å². The Kier molecular flexibility index (Phi) is 50.1. The molecule has 0 aliphatic heterocycles. The minimum absolute atomic E-state index is 0. The fourth-order valence-corrected chi connectivity index (χ4v) is 1.56. The number of rotatable bonds is 11. The van der Waals surface area contributed by atoms with E-state index in [1.807, 2.05) is 0 Å². The Morgan fingerprint density at radius 3 is 0.875 bits per heavy atom. The van der Waals surface area contributed by atoms with E-state index in [4.69, 9.17) is 10.2 Å². The van der Waals surface area contributed by atoms with E-state index in [9.17, 15) is 9.59 Å². The first kappa shape index (κ1) is 35.1. The fourth-order valence-electron chi connectivity index (χ4n) is 1.56. The topological polar surface area (TPSA) is 110 Å². The Labute approximate surface area is 171 Å². The summed E-state index contributed by atoms with van der Waals surface area (Å²) in [6.45, 7) is 7.76. The molecule has 6 heteroatoms. The monoisotopic (exact) mass is 359 g/mol. The van der Waals surface area contributed by atoms with E-state index in [1.165, 1.54) is 64.2 Å². The summed E-state index contributed by atoms with van der Waals surface area (Å²) in [5, 5.41) is 15.4. The van der Waals surface area contributed by atoms with E-state index >= 15 is 0 Å². The maximum absolute atomic E-state index is 9.37. The third-order valence-corrected chi connectivity index (χ3v) is 3.06. The van der Waals surface area contributed by atoms with Gasteiger partial charge in [-0.3, -0.25) is 9.59 Å². The van der Waals surface area contributed by atoms with Gasteiger partial charge in [0.25, 0.3) is 0 Å². The number of hydrogen-bond acceptors (Lipinski definition) is 3. The number of carbonyl (C=O) groups is 2. The molecule has 0 aromatic rings. The van der Waals surface area contributed by atoms with Crippen LogP contribution in [0.4, 0.5) is 0 Å². The van der Waals surface area contributed by atoms with Crippen LogP contribution in [0.15, 0.2) is 0 Å². The molecule has 5 nitrogen and oxygen atoms in total. The first-order chi connectivity index (χ1) is 10.5. The van der Waals surface area contributed by atoms with Crippen LogP contribution in [0.2, 0.25) is 0 Å². The van der Waals surface area contributed by atoms with Gasteiger partial charge >= 0.3 is 41.5 Å². The molecule has 0 aliphatic rings. The molecule has 0 aromatic heterocycles. The molecule has 5 N–H and O–H groups in total. The van der Waals surface area contributed by atoms with Gasteiger partial charge in [-0.05, 0) is 0 Å². The van der Waals surface area contributed by atoms with Gasteiger partial charge in [0.2, 0.25) is 0 Å². The van der Waals surface area contributed by atoms with Crippen LogP contribution in [0.3, 0.4) is 0 Å². The molecule has 0 fully saturated rings. The van der Waals surface area contributed by atoms with Gasteiger partial charge in [0.05, 0.1) is 0 Å². The van der Waals surface area contributed by atoms with Gasteiger partial charge in [-0.1, -0.05) is 91.9 Å². The second-order valence-corrected chi connectivity index (χ2v) is 5.32. The van der Waals surface area contributed by atoms with Crippen molar-refractivity contribution in [3.05, 3.63) is 0 Å². The third kappa shape index (κ3) is 57.5. The molecule has 0 atom stereocenters. The van der Waals surface area contributed by atoms with Crippen LogP contribution < -0.4 is 6.15 Å². The van der Waals surface area contributed by atoms with Crippen LogP contribution in [-0.4, -0.2) is 51.7 Å². The zero-order valence-corrected chi connectivity index (χ0v) is 15.9. The Balaban J connectivity index is -0.0000000847. The van der Waals surface area contributed by atoms with Crippen molar-refractivity contribution in [2.75, 3.05) is 0 Å².